The number of fused-ring (bicyclic) bond motifs is 2. The average Bonchev–Trinajstić information content (AvgIpc) is 3.48. The van der Waals surface area contributed by atoms with Crippen molar-refractivity contribution in [2.75, 3.05) is 30.8 Å². The molecule has 1 atom stereocenters. The van der Waals surface area contributed by atoms with Gasteiger partial charge in [-0.25, -0.2) is 9.97 Å². The Morgan fingerprint density at radius 3 is 2.44 bits per heavy atom. The van der Waals surface area contributed by atoms with Gasteiger partial charge < -0.3 is 15.4 Å². The van der Waals surface area contributed by atoms with E-state index in [1.54, 1.807) is 30.7 Å². The van der Waals surface area contributed by atoms with E-state index >= 15 is 0 Å². The van der Waals surface area contributed by atoms with Gasteiger partial charge in [-0.05, 0) is 37.1 Å². The molecule has 0 radical (unpaired) electrons. The van der Waals surface area contributed by atoms with E-state index < -0.39 is 0 Å². The van der Waals surface area contributed by atoms with Gasteiger partial charge in [0.15, 0.2) is 11.5 Å². The third-order valence-corrected chi connectivity index (χ3v) is 9.11. The second-order valence-electron chi connectivity index (χ2n) is 11.0. The molecule has 0 unspecified atom stereocenters. The third-order valence-electron chi connectivity index (χ3n) is 8.29. The minimum atomic E-state index is -0.365. The molecule has 0 saturated carbocycles. The predicted octanol–water partition coefficient (Wildman–Crippen LogP) is 6.13. The molecule has 5 aromatic rings. The van der Waals surface area contributed by atoms with E-state index in [9.17, 15) is 9.59 Å². The summed E-state index contributed by atoms with van der Waals surface area (Å²) in [6, 6.07) is 14.7. The first kappa shape index (κ1) is 29.1. The molecule has 1 fully saturated rings. The zero-order valence-corrected chi connectivity index (χ0v) is 25.7. The molecule has 2 aliphatic heterocycles. The number of nitrogens with one attached hydrogen (secondary N) is 2. The molecular weight excluding hydrogens is 615 g/mol. The maximum Gasteiger partial charge on any atom is 0.311 e. The Morgan fingerprint density at radius 1 is 0.933 bits per heavy atom. The van der Waals surface area contributed by atoms with Crippen LogP contribution in [0.25, 0.3) is 22.2 Å². The third kappa shape index (κ3) is 5.47. The van der Waals surface area contributed by atoms with E-state index in [4.69, 9.17) is 27.9 Å². The normalized spacial score (nSPS) is 16.6. The molecule has 5 heterocycles. The Kier molecular flexibility index (Phi) is 7.82. The number of hydrogen-bond acceptors (Lipinski definition) is 9. The molecule has 3 aromatic heterocycles. The fourth-order valence-electron chi connectivity index (χ4n) is 6.00. The Bertz CT molecular complexity index is 1940. The van der Waals surface area contributed by atoms with Crippen LogP contribution in [0.15, 0.2) is 67.1 Å². The van der Waals surface area contributed by atoms with Crippen molar-refractivity contribution in [1.82, 2.24) is 29.6 Å². The van der Waals surface area contributed by atoms with Gasteiger partial charge in [0.2, 0.25) is 0 Å². The fraction of sp³-hybridized carbons (Fsp3) is 0.250. The summed E-state index contributed by atoms with van der Waals surface area (Å²) in [4.78, 5) is 40.7. The van der Waals surface area contributed by atoms with Crippen molar-refractivity contribution in [2.45, 2.75) is 25.4 Å². The van der Waals surface area contributed by atoms with Crippen LogP contribution >= 0.6 is 23.2 Å². The number of ether oxygens (including phenoxy) is 1. The lowest BCUT2D eigenvalue weighted by Crippen LogP contribution is -2.52. The van der Waals surface area contributed by atoms with Crippen LogP contribution in [0.3, 0.4) is 0 Å². The number of aromatic nitrogens is 5. The van der Waals surface area contributed by atoms with Crippen LogP contribution in [-0.4, -0.2) is 61.7 Å². The summed E-state index contributed by atoms with van der Waals surface area (Å²) in [6.45, 7) is 2.00. The van der Waals surface area contributed by atoms with Gasteiger partial charge in [-0.1, -0.05) is 47.5 Å². The number of carbonyl (C=O) groups excluding carboxylic acids is 2. The quantitative estimate of drug-likeness (QED) is 0.201. The summed E-state index contributed by atoms with van der Waals surface area (Å²) < 4.78 is 6.77. The Hall–Kier alpha value is -4.58. The zero-order chi connectivity index (χ0) is 31.1. The highest BCUT2D eigenvalue weighted by Gasteiger charge is 2.40. The average molecular weight is 644 g/mol. The summed E-state index contributed by atoms with van der Waals surface area (Å²) in [5.74, 6) is -0.139. The second-order valence-corrected chi connectivity index (χ2v) is 11.8. The lowest BCUT2D eigenvalue weighted by Gasteiger charge is -2.44. The van der Waals surface area contributed by atoms with Gasteiger partial charge in [0.25, 0.3) is 5.91 Å². The SMILES string of the molecule is COC(=O)C1CN([C@H]2CCCn3nc(C(=O)Nc4cccc(-c5cccc(Nc6nccc7nccnc67)c5Cl)c4Cl)cc32)C1. The van der Waals surface area contributed by atoms with Gasteiger partial charge >= 0.3 is 5.97 Å². The van der Waals surface area contributed by atoms with Gasteiger partial charge in [-0.15, -0.1) is 0 Å². The molecule has 1 amide bonds. The van der Waals surface area contributed by atoms with Crippen molar-refractivity contribution in [2.24, 2.45) is 5.92 Å². The molecule has 2 N–H and O–H groups in total. The number of methoxy groups -OCH3 is 1. The summed E-state index contributed by atoms with van der Waals surface area (Å²) in [5.41, 5.74) is 4.97. The van der Waals surface area contributed by atoms with E-state index in [0.717, 1.165) is 25.1 Å². The first-order valence-electron chi connectivity index (χ1n) is 14.5. The van der Waals surface area contributed by atoms with Gasteiger partial charge in [-0.2, -0.15) is 5.10 Å². The lowest BCUT2D eigenvalue weighted by molar-refractivity contribution is -0.152. The van der Waals surface area contributed by atoms with Crippen molar-refractivity contribution in [3.8, 4) is 11.1 Å². The molecule has 2 aromatic carbocycles. The number of pyridine rings is 1. The number of benzene rings is 2. The van der Waals surface area contributed by atoms with E-state index in [2.05, 4.69) is 35.6 Å². The standard InChI is InChI=1S/C32H28Cl2N8O3/c1-45-32(44)18-16-41(17-18)25-9-4-14-42-26(25)15-24(40-42)31(43)39-22-8-3-6-20(28(22)34)19-5-2-7-21(27(19)33)38-30-29-23(10-11-37-30)35-12-13-36-29/h2-3,5-8,10-13,15,18,25H,4,9,14,16-17H2,1H3,(H,37,38)(H,39,43)/t25-/m0/s1. The second kappa shape index (κ2) is 12.1. The highest BCUT2D eigenvalue weighted by Crippen LogP contribution is 2.41. The Labute approximate surface area is 268 Å². The van der Waals surface area contributed by atoms with Crippen molar-refractivity contribution in [3.05, 3.63) is 88.6 Å². The summed E-state index contributed by atoms with van der Waals surface area (Å²) in [5, 5.41) is 11.6. The maximum absolute atomic E-state index is 13.4. The molecule has 45 heavy (non-hydrogen) atoms. The predicted molar refractivity (Wildman–Crippen MR) is 172 cm³/mol. The summed E-state index contributed by atoms with van der Waals surface area (Å²) in [6.07, 6.45) is 6.76. The van der Waals surface area contributed by atoms with Gasteiger partial charge in [-0.3, -0.25) is 24.2 Å². The Morgan fingerprint density at radius 2 is 1.67 bits per heavy atom. The first-order chi connectivity index (χ1) is 21.9. The number of likely N-dealkylation sites (tertiary alicyclic amines) is 1. The monoisotopic (exact) mass is 642 g/mol. The van der Waals surface area contributed by atoms with E-state index in [-0.39, 0.29) is 23.8 Å². The van der Waals surface area contributed by atoms with Crippen molar-refractivity contribution in [3.63, 3.8) is 0 Å². The molecular formula is C32H28Cl2N8O3. The maximum atomic E-state index is 13.4. The number of amides is 1. The topological polar surface area (TPSA) is 127 Å². The van der Waals surface area contributed by atoms with Crippen LogP contribution in [0, 0.1) is 5.92 Å². The van der Waals surface area contributed by atoms with Crippen LogP contribution in [0.4, 0.5) is 17.2 Å². The van der Waals surface area contributed by atoms with Gasteiger partial charge in [0, 0.05) is 49.4 Å². The molecule has 7 rings (SSSR count). The molecule has 228 valence electrons. The number of carbonyl (C=O) groups is 2. The van der Waals surface area contributed by atoms with Crippen LogP contribution in [-0.2, 0) is 16.1 Å². The number of nitrogens with zero attached hydrogens (tertiary/aromatic N) is 6. The smallest absolute Gasteiger partial charge is 0.311 e. The molecule has 0 spiro atoms. The highest BCUT2D eigenvalue weighted by molar-refractivity contribution is 6.39. The molecule has 1 saturated heterocycles. The molecule has 13 heteroatoms. The number of hydrogen-bond donors (Lipinski definition) is 2. The van der Waals surface area contributed by atoms with Crippen LogP contribution in [0.5, 0.6) is 0 Å². The minimum Gasteiger partial charge on any atom is -0.469 e. The van der Waals surface area contributed by atoms with E-state index in [1.807, 2.05) is 41.1 Å². The summed E-state index contributed by atoms with van der Waals surface area (Å²) in [7, 11) is 1.41. The van der Waals surface area contributed by atoms with E-state index in [0.29, 0.717) is 68.2 Å². The minimum absolute atomic E-state index is 0.0970. The highest BCUT2D eigenvalue weighted by atomic mass is 35.5. The van der Waals surface area contributed by atoms with E-state index in [1.165, 1.54) is 7.11 Å². The first-order valence-corrected chi connectivity index (χ1v) is 15.3. The van der Waals surface area contributed by atoms with Gasteiger partial charge in [0.05, 0.1) is 51.7 Å². The van der Waals surface area contributed by atoms with Crippen LogP contribution in [0.2, 0.25) is 10.0 Å². The summed E-state index contributed by atoms with van der Waals surface area (Å²) >= 11 is 13.8. The van der Waals surface area contributed by atoms with Gasteiger partial charge in [0.1, 0.15) is 5.52 Å². The van der Waals surface area contributed by atoms with Crippen molar-refractivity contribution < 1.29 is 14.3 Å². The Balaban J connectivity index is 1.11. The van der Waals surface area contributed by atoms with Crippen molar-refractivity contribution in [1.29, 1.82) is 0 Å². The zero-order valence-electron chi connectivity index (χ0n) is 24.2. The molecule has 0 aliphatic carbocycles. The molecule has 11 nitrogen and oxygen atoms in total. The lowest BCUT2D eigenvalue weighted by atomic mass is 9.93. The number of esters is 1. The fourth-order valence-corrected chi connectivity index (χ4v) is 6.55. The largest absolute Gasteiger partial charge is 0.469 e. The number of anilines is 3. The van der Waals surface area contributed by atoms with Crippen LogP contribution < -0.4 is 10.6 Å². The number of rotatable bonds is 7. The molecule has 2 aliphatic rings. The van der Waals surface area contributed by atoms with Crippen LogP contribution in [0.1, 0.15) is 35.1 Å². The number of aryl methyl sites for hydroxylation is 1. The van der Waals surface area contributed by atoms with Crippen molar-refractivity contribution >= 4 is 63.3 Å². The molecule has 0 bridgehead atoms. The number of halogens is 2.